The van der Waals surface area contributed by atoms with Crippen LogP contribution in [0.4, 0.5) is 5.69 Å². The first-order chi connectivity index (χ1) is 9.72. The van der Waals surface area contributed by atoms with Gasteiger partial charge in [-0.25, -0.2) is 8.42 Å². The second kappa shape index (κ2) is 6.00. The third kappa shape index (κ3) is 3.79. The van der Waals surface area contributed by atoms with Gasteiger partial charge >= 0.3 is 0 Å². The van der Waals surface area contributed by atoms with Gasteiger partial charge in [0.15, 0.2) is 0 Å². The maximum absolute atomic E-state index is 12.3. The normalized spacial score (nSPS) is 16.5. The first kappa shape index (κ1) is 16.4. The lowest BCUT2D eigenvalue weighted by molar-refractivity contribution is -0.122. The number of hydrogen-bond donors (Lipinski definition) is 3. The molecular formula is C12H15Cl2N3O3S. The smallest absolute Gasteiger partial charge is 0.242 e. The summed E-state index contributed by atoms with van der Waals surface area (Å²) in [5.74, 6) is -0.376. The maximum atomic E-state index is 12.3. The van der Waals surface area contributed by atoms with Crippen molar-refractivity contribution in [3.05, 3.63) is 22.2 Å². The molecule has 1 amide bonds. The molecule has 0 spiro atoms. The van der Waals surface area contributed by atoms with E-state index in [9.17, 15) is 13.2 Å². The van der Waals surface area contributed by atoms with Crippen molar-refractivity contribution < 1.29 is 13.2 Å². The molecule has 0 heterocycles. The molecular weight excluding hydrogens is 337 g/mol. The average Bonchev–Trinajstić information content (AvgIpc) is 3.19. The number of nitrogen functional groups attached to an aromatic ring is 1. The molecule has 1 fully saturated rings. The minimum Gasteiger partial charge on any atom is -0.396 e. The van der Waals surface area contributed by atoms with E-state index >= 15 is 0 Å². The second-order valence-electron chi connectivity index (χ2n) is 4.90. The van der Waals surface area contributed by atoms with Gasteiger partial charge in [-0.05, 0) is 31.9 Å². The van der Waals surface area contributed by atoms with Crippen LogP contribution in [-0.4, -0.2) is 26.4 Å². The van der Waals surface area contributed by atoms with Crippen molar-refractivity contribution in [1.29, 1.82) is 0 Å². The van der Waals surface area contributed by atoms with E-state index in [0.29, 0.717) is 0 Å². The molecule has 1 saturated carbocycles. The van der Waals surface area contributed by atoms with E-state index in [1.807, 2.05) is 0 Å². The van der Waals surface area contributed by atoms with Crippen molar-refractivity contribution in [1.82, 2.24) is 10.0 Å². The lowest BCUT2D eigenvalue weighted by Crippen LogP contribution is -2.45. The van der Waals surface area contributed by atoms with Crippen molar-refractivity contribution in [2.45, 2.75) is 36.7 Å². The van der Waals surface area contributed by atoms with Gasteiger partial charge in [0.2, 0.25) is 15.9 Å². The number of benzene rings is 1. The zero-order valence-corrected chi connectivity index (χ0v) is 13.5. The van der Waals surface area contributed by atoms with Gasteiger partial charge in [0.25, 0.3) is 0 Å². The zero-order valence-electron chi connectivity index (χ0n) is 11.2. The van der Waals surface area contributed by atoms with Crippen LogP contribution in [0.15, 0.2) is 17.0 Å². The van der Waals surface area contributed by atoms with Crippen LogP contribution in [0.3, 0.4) is 0 Å². The minimum atomic E-state index is -3.97. The van der Waals surface area contributed by atoms with Crippen LogP contribution in [0.25, 0.3) is 0 Å². The first-order valence-corrected chi connectivity index (χ1v) is 8.52. The van der Waals surface area contributed by atoms with Crippen LogP contribution in [0.2, 0.25) is 10.0 Å². The molecule has 0 saturated heterocycles. The Morgan fingerprint density at radius 2 is 2.00 bits per heavy atom. The molecule has 1 aromatic rings. The second-order valence-corrected chi connectivity index (χ2v) is 7.37. The summed E-state index contributed by atoms with van der Waals surface area (Å²) < 4.78 is 26.8. The molecule has 4 N–H and O–H groups in total. The number of rotatable bonds is 5. The molecule has 1 aromatic carbocycles. The highest BCUT2D eigenvalue weighted by Gasteiger charge is 2.29. The van der Waals surface area contributed by atoms with Gasteiger partial charge in [-0.15, -0.1) is 0 Å². The Morgan fingerprint density at radius 1 is 1.38 bits per heavy atom. The van der Waals surface area contributed by atoms with Crippen LogP contribution in [-0.2, 0) is 14.8 Å². The summed E-state index contributed by atoms with van der Waals surface area (Å²) in [6, 6.07) is 1.82. The Morgan fingerprint density at radius 3 is 2.57 bits per heavy atom. The Labute approximate surface area is 133 Å². The molecule has 1 unspecified atom stereocenters. The van der Waals surface area contributed by atoms with E-state index in [-0.39, 0.29) is 32.6 Å². The van der Waals surface area contributed by atoms with Crippen molar-refractivity contribution >= 4 is 44.8 Å². The molecule has 1 aliphatic carbocycles. The van der Waals surface area contributed by atoms with Gasteiger partial charge in [0.1, 0.15) is 4.90 Å². The fourth-order valence-electron chi connectivity index (χ4n) is 1.66. The van der Waals surface area contributed by atoms with Crippen molar-refractivity contribution in [2.24, 2.45) is 0 Å². The maximum Gasteiger partial charge on any atom is 0.242 e. The van der Waals surface area contributed by atoms with Crippen LogP contribution >= 0.6 is 23.2 Å². The number of nitrogens with two attached hydrogens (primary N) is 1. The summed E-state index contributed by atoms with van der Waals surface area (Å²) in [5, 5.41) is 2.72. The number of halogens is 2. The highest BCUT2D eigenvalue weighted by atomic mass is 35.5. The predicted octanol–water partition coefficient (Wildman–Crippen LogP) is 1.52. The number of hydrogen-bond acceptors (Lipinski definition) is 4. The number of carbonyl (C=O) groups is 1. The zero-order chi connectivity index (χ0) is 15.8. The van der Waals surface area contributed by atoms with E-state index in [1.165, 1.54) is 19.1 Å². The third-order valence-electron chi connectivity index (χ3n) is 3.03. The molecule has 21 heavy (non-hydrogen) atoms. The van der Waals surface area contributed by atoms with E-state index in [0.717, 1.165) is 12.8 Å². The number of anilines is 1. The molecule has 6 nitrogen and oxygen atoms in total. The van der Waals surface area contributed by atoms with E-state index < -0.39 is 16.1 Å². The standard InChI is InChI=1S/C12H15Cl2N3O3S/c1-6(12(18)16-7-2-3-7)17-21(19,20)9-5-4-8(13)11(15)10(9)14/h4-7,17H,2-3,15H2,1H3,(H,16,18). The molecule has 0 aromatic heterocycles. The molecule has 0 radical (unpaired) electrons. The SMILES string of the molecule is CC(NS(=O)(=O)c1ccc(Cl)c(N)c1Cl)C(=O)NC1CC1. The fourth-order valence-corrected chi connectivity index (χ4v) is 3.63. The molecule has 1 atom stereocenters. The van der Waals surface area contributed by atoms with Crippen LogP contribution in [0.5, 0.6) is 0 Å². The predicted molar refractivity (Wildman–Crippen MR) is 81.8 cm³/mol. The Balaban J connectivity index is 2.18. The molecule has 0 bridgehead atoms. The average molecular weight is 352 g/mol. The van der Waals surface area contributed by atoms with Crippen molar-refractivity contribution in [2.75, 3.05) is 5.73 Å². The Kier molecular flexibility index (Phi) is 4.67. The number of carbonyl (C=O) groups excluding carboxylic acids is 1. The van der Waals surface area contributed by atoms with Gasteiger partial charge < -0.3 is 11.1 Å². The highest BCUT2D eigenvalue weighted by Crippen LogP contribution is 2.33. The minimum absolute atomic E-state index is 0.0173. The van der Waals surface area contributed by atoms with E-state index in [1.54, 1.807) is 0 Å². The Hall–Kier alpha value is -1.02. The van der Waals surface area contributed by atoms with Gasteiger partial charge in [0, 0.05) is 6.04 Å². The highest BCUT2D eigenvalue weighted by molar-refractivity contribution is 7.89. The molecule has 116 valence electrons. The lowest BCUT2D eigenvalue weighted by Gasteiger charge is -2.15. The number of nitrogens with one attached hydrogen (secondary N) is 2. The quantitative estimate of drug-likeness (QED) is 0.700. The van der Waals surface area contributed by atoms with Crippen LogP contribution in [0, 0.1) is 0 Å². The van der Waals surface area contributed by atoms with Gasteiger partial charge in [-0.3, -0.25) is 4.79 Å². The third-order valence-corrected chi connectivity index (χ3v) is 5.46. The molecule has 2 rings (SSSR count). The van der Waals surface area contributed by atoms with Gasteiger partial charge in [-0.1, -0.05) is 23.2 Å². The molecule has 1 aliphatic rings. The summed E-state index contributed by atoms with van der Waals surface area (Å²) in [5.41, 5.74) is 5.59. The summed E-state index contributed by atoms with van der Waals surface area (Å²) in [7, 11) is -3.97. The van der Waals surface area contributed by atoms with Crippen LogP contribution < -0.4 is 15.8 Å². The topological polar surface area (TPSA) is 101 Å². The van der Waals surface area contributed by atoms with Crippen LogP contribution in [0.1, 0.15) is 19.8 Å². The Bertz CT molecular complexity index is 675. The number of sulfonamides is 1. The molecule has 9 heteroatoms. The fraction of sp³-hybridized carbons (Fsp3) is 0.417. The number of amides is 1. The summed E-state index contributed by atoms with van der Waals surface area (Å²) in [6.45, 7) is 1.46. The van der Waals surface area contributed by atoms with Gasteiger partial charge in [0.05, 0.1) is 21.8 Å². The monoisotopic (exact) mass is 351 g/mol. The summed E-state index contributed by atoms with van der Waals surface area (Å²) >= 11 is 11.7. The largest absolute Gasteiger partial charge is 0.396 e. The van der Waals surface area contributed by atoms with E-state index in [4.69, 9.17) is 28.9 Å². The van der Waals surface area contributed by atoms with E-state index in [2.05, 4.69) is 10.0 Å². The summed E-state index contributed by atoms with van der Waals surface area (Å²) in [6.07, 6.45) is 1.84. The van der Waals surface area contributed by atoms with Crippen molar-refractivity contribution in [3.8, 4) is 0 Å². The first-order valence-electron chi connectivity index (χ1n) is 6.28. The molecule has 0 aliphatic heterocycles. The lowest BCUT2D eigenvalue weighted by atomic mass is 10.3. The van der Waals surface area contributed by atoms with Gasteiger partial charge in [-0.2, -0.15) is 4.72 Å². The van der Waals surface area contributed by atoms with Crippen molar-refractivity contribution in [3.63, 3.8) is 0 Å². The summed E-state index contributed by atoms with van der Waals surface area (Å²) in [4.78, 5) is 11.6.